The first-order valence-corrected chi connectivity index (χ1v) is 15.2. The van der Waals surface area contributed by atoms with Gasteiger partial charge in [-0.15, -0.1) is 0 Å². The molecule has 0 aliphatic carbocycles. The second-order valence-corrected chi connectivity index (χ2v) is 11.9. The number of hydrogen-bond donors (Lipinski definition) is 4. The zero-order valence-electron chi connectivity index (χ0n) is 23.3. The van der Waals surface area contributed by atoms with Crippen molar-refractivity contribution in [2.24, 2.45) is 0 Å². The Morgan fingerprint density at radius 3 is 2.34 bits per heavy atom. The number of thioether (sulfide) groups is 1. The molecule has 0 spiro atoms. The zero-order valence-corrected chi connectivity index (χ0v) is 24.9. The van der Waals surface area contributed by atoms with Crippen molar-refractivity contribution < 1.29 is 23.4 Å². The van der Waals surface area contributed by atoms with Crippen molar-refractivity contribution in [1.29, 1.82) is 0 Å². The van der Waals surface area contributed by atoms with Crippen LogP contribution in [0, 0.1) is 11.6 Å². The maximum atomic E-state index is 13.9. The first-order chi connectivity index (χ1) is 21.3. The van der Waals surface area contributed by atoms with Crippen LogP contribution >= 0.6 is 23.4 Å². The molecule has 1 unspecified atom stereocenters. The summed E-state index contributed by atoms with van der Waals surface area (Å²) in [4.78, 5) is 24.1. The van der Waals surface area contributed by atoms with E-state index in [2.05, 4.69) is 16.0 Å². The Bertz CT molecular complexity index is 1740. The summed E-state index contributed by atoms with van der Waals surface area (Å²) in [5.41, 5.74) is -0.251. The number of carbonyl (C=O) groups excluding carboxylic acids is 1. The summed E-state index contributed by atoms with van der Waals surface area (Å²) in [5.74, 6) is -1.71. The molecule has 0 saturated carbocycles. The van der Waals surface area contributed by atoms with Crippen LogP contribution in [0.25, 0.3) is 0 Å². The summed E-state index contributed by atoms with van der Waals surface area (Å²) >= 11 is 7.42. The number of aromatic nitrogens is 2. The fraction of sp³-hybridized carbons (Fsp3) is 0.219. The number of nitrogens with zero attached hydrogens (tertiary/aromatic N) is 2. The minimum absolute atomic E-state index is 0.0547. The molecule has 0 radical (unpaired) electrons. The third-order valence-electron chi connectivity index (χ3n) is 7.41. The standard InChI is InChI=1S/C32H28ClF2N5O3S/c33-21-5-1-2-6-25(21)44-30-24(41)18-32(40-31(30)42,26-7-3-9-28(38-26)36-19-13-15-43-16-14-19)27-8-4-10-29(39-27)37-20-11-12-22(34)23(35)17-20/h1-12,17,19,41H,13-16,18H2,(H,36,38)(H,37,39)(H,40,42). The number of aliphatic hydroxyl groups is 1. The summed E-state index contributed by atoms with van der Waals surface area (Å²) in [6.07, 6.45) is 1.61. The Labute approximate surface area is 261 Å². The van der Waals surface area contributed by atoms with E-state index < -0.39 is 23.1 Å². The van der Waals surface area contributed by atoms with Crippen LogP contribution in [0.1, 0.15) is 30.7 Å². The molecular formula is C32H28ClF2N5O3S. The number of rotatable bonds is 8. The molecule has 1 amide bonds. The SMILES string of the molecule is O=C1NC(c2cccc(Nc3ccc(F)c(F)c3)n2)(c2cccc(NC3CCOCC3)n2)CC(O)=C1Sc1ccccc1Cl. The largest absolute Gasteiger partial charge is 0.511 e. The van der Waals surface area contributed by atoms with Gasteiger partial charge in [0, 0.05) is 42.3 Å². The fourth-order valence-electron chi connectivity index (χ4n) is 5.21. The normalized spacial score (nSPS) is 19.0. The van der Waals surface area contributed by atoms with E-state index in [0.29, 0.717) is 46.2 Å². The predicted molar refractivity (Wildman–Crippen MR) is 166 cm³/mol. The van der Waals surface area contributed by atoms with Crippen LogP contribution in [0.3, 0.4) is 0 Å². The monoisotopic (exact) mass is 635 g/mol. The summed E-state index contributed by atoms with van der Waals surface area (Å²) in [6, 6.07) is 21.2. The maximum Gasteiger partial charge on any atom is 0.262 e. The number of nitrogens with one attached hydrogen (secondary N) is 3. The molecule has 12 heteroatoms. The van der Waals surface area contributed by atoms with Gasteiger partial charge in [0.25, 0.3) is 5.91 Å². The molecule has 8 nitrogen and oxygen atoms in total. The Balaban J connectivity index is 1.40. The minimum Gasteiger partial charge on any atom is -0.511 e. The number of amides is 1. The highest BCUT2D eigenvalue weighted by Gasteiger charge is 2.45. The van der Waals surface area contributed by atoms with E-state index in [1.54, 1.807) is 48.5 Å². The van der Waals surface area contributed by atoms with E-state index in [-0.39, 0.29) is 28.8 Å². The number of carbonyl (C=O) groups is 1. The number of aliphatic hydroxyl groups excluding tert-OH is 1. The van der Waals surface area contributed by atoms with Gasteiger partial charge in [0.2, 0.25) is 0 Å². The third kappa shape index (κ3) is 6.35. The van der Waals surface area contributed by atoms with Crippen molar-refractivity contribution in [3.63, 3.8) is 0 Å². The molecule has 4 heterocycles. The molecule has 1 saturated heterocycles. The molecule has 1 atom stereocenters. The van der Waals surface area contributed by atoms with E-state index in [0.717, 1.165) is 36.7 Å². The van der Waals surface area contributed by atoms with Gasteiger partial charge in [-0.3, -0.25) is 4.79 Å². The summed E-state index contributed by atoms with van der Waals surface area (Å²) in [7, 11) is 0. The first-order valence-electron chi connectivity index (χ1n) is 14.0. The molecule has 226 valence electrons. The molecule has 1 fully saturated rings. The number of anilines is 3. The van der Waals surface area contributed by atoms with Crippen LogP contribution in [0.4, 0.5) is 26.1 Å². The van der Waals surface area contributed by atoms with Crippen molar-refractivity contribution in [2.75, 3.05) is 23.8 Å². The number of pyridine rings is 2. The van der Waals surface area contributed by atoms with Crippen LogP contribution < -0.4 is 16.0 Å². The lowest BCUT2D eigenvalue weighted by Gasteiger charge is -2.38. The molecular weight excluding hydrogens is 608 g/mol. The van der Waals surface area contributed by atoms with Gasteiger partial charge < -0.3 is 25.8 Å². The number of hydrogen-bond acceptors (Lipinski definition) is 8. The van der Waals surface area contributed by atoms with E-state index >= 15 is 0 Å². The first kappa shape index (κ1) is 29.9. The Morgan fingerprint density at radius 2 is 1.64 bits per heavy atom. The Kier molecular flexibility index (Phi) is 8.69. The summed E-state index contributed by atoms with van der Waals surface area (Å²) in [5, 5.41) is 21.4. The maximum absolute atomic E-state index is 13.9. The number of ether oxygens (including phenoxy) is 1. The van der Waals surface area contributed by atoms with Gasteiger partial charge in [-0.25, -0.2) is 18.7 Å². The van der Waals surface area contributed by atoms with Gasteiger partial charge in [-0.2, -0.15) is 0 Å². The van der Waals surface area contributed by atoms with Gasteiger partial charge in [-0.05, 0) is 61.4 Å². The van der Waals surface area contributed by atoms with Crippen LogP contribution in [-0.4, -0.2) is 40.2 Å². The molecule has 4 aromatic rings. The Hall–Kier alpha value is -4.19. The lowest BCUT2D eigenvalue weighted by atomic mass is 9.83. The van der Waals surface area contributed by atoms with Crippen molar-refractivity contribution in [3.05, 3.63) is 118 Å². The predicted octanol–water partition coefficient (Wildman–Crippen LogP) is 7.07. The van der Waals surface area contributed by atoms with Gasteiger partial charge in [0.15, 0.2) is 11.6 Å². The smallest absolute Gasteiger partial charge is 0.262 e. The fourth-order valence-corrected chi connectivity index (χ4v) is 6.33. The molecule has 6 rings (SSSR count). The molecule has 2 aromatic heterocycles. The van der Waals surface area contributed by atoms with E-state index in [1.165, 1.54) is 6.07 Å². The highest BCUT2D eigenvalue weighted by atomic mass is 35.5. The Morgan fingerprint density at radius 1 is 0.932 bits per heavy atom. The van der Waals surface area contributed by atoms with Crippen molar-refractivity contribution in [2.45, 2.75) is 35.7 Å². The van der Waals surface area contributed by atoms with Crippen LogP contribution in [0.2, 0.25) is 5.02 Å². The van der Waals surface area contributed by atoms with Crippen molar-refractivity contribution in [1.82, 2.24) is 15.3 Å². The highest BCUT2D eigenvalue weighted by Crippen LogP contribution is 2.43. The molecule has 44 heavy (non-hydrogen) atoms. The van der Waals surface area contributed by atoms with E-state index in [4.69, 9.17) is 26.3 Å². The minimum atomic E-state index is -1.37. The lowest BCUT2D eigenvalue weighted by molar-refractivity contribution is -0.119. The van der Waals surface area contributed by atoms with E-state index in [1.807, 2.05) is 12.1 Å². The topological polar surface area (TPSA) is 108 Å². The second-order valence-electron chi connectivity index (χ2n) is 10.4. The van der Waals surface area contributed by atoms with Gasteiger partial charge in [0.1, 0.15) is 27.8 Å². The molecule has 2 aromatic carbocycles. The summed E-state index contributed by atoms with van der Waals surface area (Å²) in [6.45, 7) is 1.31. The average Bonchev–Trinajstić information content (AvgIpc) is 3.02. The number of halogens is 3. The number of benzene rings is 2. The average molecular weight is 636 g/mol. The third-order valence-corrected chi connectivity index (χ3v) is 9.06. The van der Waals surface area contributed by atoms with Gasteiger partial charge >= 0.3 is 0 Å². The van der Waals surface area contributed by atoms with Crippen molar-refractivity contribution >= 4 is 46.6 Å². The van der Waals surface area contributed by atoms with E-state index in [9.17, 15) is 18.7 Å². The lowest BCUT2D eigenvalue weighted by Crippen LogP contribution is -2.51. The second kappa shape index (κ2) is 12.8. The summed E-state index contributed by atoms with van der Waals surface area (Å²) < 4.78 is 32.9. The van der Waals surface area contributed by atoms with Crippen LogP contribution in [0.5, 0.6) is 0 Å². The quantitative estimate of drug-likeness (QED) is 0.163. The highest BCUT2D eigenvalue weighted by molar-refractivity contribution is 8.04. The molecule has 0 bridgehead atoms. The molecule has 2 aliphatic heterocycles. The van der Waals surface area contributed by atoms with Crippen LogP contribution in [-0.2, 0) is 15.1 Å². The van der Waals surface area contributed by atoms with Gasteiger partial charge in [-0.1, -0.05) is 47.6 Å². The van der Waals surface area contributed by atoms with Gasteiger partial charge in [0.05, 0.1) is 16.4 Å². The molecule has 4 N–H and O–H groups in total. The van der Waals surface area contributed by atoms with Crippen molar-refractivity contribution in [3.8, 4) is 0 Å². The molecule has 2 aliphatic rings. The zero-order chi connectivity index (χ0) is 30.7. The van der Waals surface area contributed by atoms with Crippen LogP contribution in [0.15, 0.2) is 94.4 Å².